The lowest BCUT2D eigenvalue weighted by Gasteiger charge is -2.07. The van der Waals surface area contributed by atoms with Crippen LogP contribution in [0.5, 0.6) is 0 Å². The second kappa shape index (κ2) is 4.75. The number of nitrogens with zero attached hydrogens (tertiary/aromatic N) is 2. The summed E-state index contributed by atoms with van der Waals surface area (Å²) in [6.07, 6.45) is 3.77. The van der Waals surface area contributed by atoms with Crippen LogP contribution in [0.15, 0.2) is 18.2 Å². The fourth-order valence-electron chi connectivity index (χ4n) is 2.81. The van der Waals surface area contributed by atoms with Crippen molar-refractivity contribution in [1.82, 2.24) is 9.55 Å². The molecule has 0 amide bonds. The number of benzene rings is 1. The number of imidazole rings is 1. The Bertz CT molecular complexity index is 576. The molecule has 2 unspecified atom stereocenters. The second-order valence-corrected chi connectivity index (χ2v) is 5.72. The van der Waals surface area contributed by atoms with Gasteiger partial charge in [0.05, 0.1) is 16.9 Å². The van der Waals surface area contributed by atoms with E-state index in [0.29, 0.717) is 11.9 Å². The lowest BCUT2D eigenvalue weighted by atomic mass is 10.2. The zero-order valence-electron chi connectivity index (χ0n) is 10.4. The number of hydrogen-bond acceptors (Lipinski definition) is 1. The average molecular weight is 283 g/mol. The van der Waals surface area contributed by atoms with Gasteiger partial charge in [0.1, 0.15) is 5.82 Å². The van der Waals surface area contributed by atoms with Crippen LogP contribution in [0.2, 0.25) is 5.02 Å². The summed E-state index contributed by atoms with van der Waals surface area (Å²) < 4.78 is 2.30. The molecular weight excluding hydrogens is 267 g/mol. The van der Waals surface area contributed by atoms with E-state index in [9.17, 15) is 0 Å². The highest BCUT2D eigenvalue weighted by Gasteiger charge is 2.39. The van der Waals surface area contributed by atoms with E-state index in [1.165, 1.54) is 19.3 Å². The fraction of sp³-hybridized carbons (Fsp3) is 0.500. The van der Waals surface area contributed by atoms with Gasteiger partial charge < -0.3 is 4.57 Å². The molecule has 18 heavy (non-hydrogen) atoms. The highest BCUT2D eigenvalue weighted by Crippen LogP contribution is 2.48. The van der Waals surface area contributed by atoms with Gasteiger partial charge >= 0.3 is 0 Å². The van der Waals surface area contributed by atoms with Gasteiger partial charge in [-0.25, -0.2) is 4.98 Å². The van der Waals surface area contributed by atoms with Crippen molar-refractivity contribution in [3.63, 3.8) is 0 Å². The molecule has 0 aliphatic heterocycles. The van der Waals surface area contributed by atoms with Gasteiger partial charge in [0, 0.05) is 11.1 Å². The third-order valence-corrected chi connectivity index (χ3v) is 4.19. The van der Waals surface area contributed by atoms with Crippen molar-refractivity contribution in [2.24, 2.45) is 5.92 Å². The van der Waals surface area contributed by atoms with Crippen LogP contribution in [0.3, 0.4) is 0 Å². The van der Waals surface area contributed by atoms with Crippen LogP contribution in [-0.4, -0.2) is 9.55 Å². The first-order valence-electron chi connectivity index (χ1n) is 6.47. The predicted octanol–water partition coefficient (Wildman–Crippen LogP) is 4.79. The smallest absolute Gasteiger partial charge is 0.125 e. The molecule has 1 fully saturated rings. The molecule has 0 N–H and O–H groups in total. The number of halogens is 2. The van der Waals surface area contributed by atoms with Gasteiger partial charge in [0.15, 0.2) is 0 Å². The largest absolute Gasteiger partial charge is 0.324 e. The Hall–Kier alpha value is -0.730. The Labute approximate surface area is 117 Å². The maximum atomic E-state index is 6.09. The van der Waals surface area contributed by atoms with Crippen molar-refractivity contribution < 1.29 is 0 Å². The van der Waals surface area contributed by atoms with E-state index in [2.05, 4.69) is 16.5 Å². The SMILES string of the molecule is CCCC1CC1n1c(CCl)nc2ccc(Cl)cc21. The monoisotopic (exact) mass is 282 g/mol. The van der Waals surface area contributed by atoms with Crippen molar-refractivity contribution in [3.05, 3.63) is 29.0 Å². The molecule has 1 aromatic carbocycles. The molecular formula is C14H16Cl2N2. The summed E-state index contributed by atoms with van der Waals surface area (Å²) >= 11 is 12.1. The second-order valence-electron chi connectivity index (χ2n) is 5.02. The Morgan fingerprint density at radius 2 is 2.28 bits per heavy atom. The minimum atomic E-state index is 0.460. The molecule has 0 spiro atoms. The number of alkyl halides is 1. The van der Waals surface area contributed by atoms with Crippen molar-refractivity contribution in [2.45, 2.75) is 38.1 Å². The molecule has 0 bridgehead atoms. The summed E-state index contributed by atoms with van der Waals surface area (Å²) in [5.74, 6) is 2.22. The van der Waals surface area contributed by atoms with Gasteiger partial charge in [-0.15, -0.1) is 11.6 Å². The minimum Gasteiger partial charge on any atom is -0.324 e. The van der Waals surface area contributed by atoms with E-state index in [4.69, 9.17) is 23.2 Å². The van der Waals surface area contributed by atoms with Crippen LogP contribution >= 0.6 is 23.2 Å². The number of fused-ring (bicyclic) bond motifs is 1. The summed E-state index contributed by atoms with van der Waals surface area (Å²) in [7, 11) is 0. The summed E-state index contributed by atoms with van der Waals surface area (Å²) in [6, 6.07) is 6.43. The first-order valence-corrected chi connectivity index (χ1v) is 7.38. The summed E-state index contributed by atoms with van der Waals surface area (Å²) in [6.45, 7) is 2.24. The summed E-state index contributed by atoms with van der Waals surface area (Å²) in [4.78, 5) is 4.60. The van der Waals surface area contributed by atoms with E-state index in [1.54, 1.807) is 0 Å². The number of aromatic nitrogens is 2. The number of rotatable bonds is 4. The van der Waals surface area contributed by atoms with E-state index < -0.39 is 0 Å². The molecule has 1 saturated carbocycles. The van der Waals surface area contributed by atoms with Crippen LogP contribution in [0.4, 0.5) is 0 Å². The third-order valence-electron chi connectivity index (χ3n) is 3.72. The fourth-order valence-corrected chi connectivity index (χ4v) is 3.16. The molecule has 2 aromatic rings. The van der Waals surface area contributed by atoms with E-state index in [0.717, 1.165) is 27.8 Å². The van der Waals surface area contributed by atoms with E-state index in [-0.39, 0.29) is 0 Å². The minimum absolute atomic E-state index is 0.460. The van der Waals surface area contributed by atoms with Crippen molar-refractivity contribution in [3.8, 4) is 0 Å². The normalized spacial score (nSPS) is 22.6. The highest BCUT2D eigenvalue weighted by atomic mass is 35.5. The zero-order valence-corrected chi connectivity index (χ0v) is 11.9. The van der Waals surface area contributed by atoms with Gasteiger partial charge in [0.2, 0.25) is 0 Å². The van der Waals surface area contributed by atoms with Crippen molar-refractivity contribution >= 4 is 34.2 Å². The van der Waals surface area contributed by atoms with Crippen LogP contribution in [-0.2, 0) is 5.88 Å². The maximum absolute atomic E-state index is 6.09. The molecule has 2 nitrogen and oxygen atoms in total. The predicted molar refractivity (Wildman–Crippen MR) is 76.4 cm³/mol. The number of hydrogen-bond donors (Lipinski definition) is 0. The molecule has 3 rings (SSSR count). The Morgan fingerprint density at radius 3 is 3.00 bits per heavy atom. The first kappa shape index (κ1) is 12.3. The first-order chi connectivity index (χ1) is 8.74. The molecule has 96 valence electrons. The molecule has 4 heteroatoms. The molecule has 2 atom stereocenters. The van der Waals surface area contributed by atoms with Crippen LogP contribution in [0.1, 0.15) is 38.1 Å². The topological polar surface area (TPSA) is 17.8 Å². The lowest BCUT2D eigenvalue weighted by Crippen LogP contribution is -2.01. The van der Waals surface area contributed by atoms with Gasteiger partial charge in [0.25, 0.3) is 0 Å². The van der Waals surface area contributed by atoms with Gasteiger partial charge in [-0.05, 0) is 37.0 Å². The summed E-state index contributed by atoms with van der Waals surface area (Å²) in [5.41, 5.74) is 2.12. The molecule has 1 aliphatic rings. The lowest BCUT2D eigenvalue weighted by molar-refractivity contribution is 0.606. The summed E-state index contributed by atoms with van der Waals surface area (Å²) in [5, 5.41) is 0.762. The Morgan fingerprint density at radius 1 is 1.44 bits per heavy atom. The molecule has 1 heterocycles. The third kappa shape index (κ3) is 2.02. The van der Waals surface area contributed by atoms with Gasteiger partial charge in [-0.3, -0.25) is 0 Å². The van der Waals surface area contributed by atoms with Crippen molar-refractivity contribution in [2.75, 3.05) is 0 Å². The zero-order chi connectivity index (χ0) is 12.7. The van der Waals surface area contributed by atoms with E-state index in [1.807, 2.05) is 18.2 Å². The van der Waals surface area contributed by atoms with Crippen LogP contribution in [0.25, 0.3) is 11.0 Å². The standard InChI is InChI=1S/C14H16Cl2N2/c1-2-3-9-6-12(9)18-13-7-10(16)4-5-11(13)17-14(18)8-15/h4-5,7,9,12H,2-3,6,8H2,1H3. The Balaban J connectivity index is 2.06. The van der Waals surface area contributed by atoms with Gasteiger partial charge in [-0.1, -0.05) is 24.9 Å². The maximum Gasteiger partial charge on any atom is 0.125 e. The van der Waals surface area contributed by atoms with Crippen LogP contribution < -0.4 is 0 Å². The van der Waals surface area contributed by atoms with E-state index >= 15 is 0 Å². The molecule has 1 aliphatic carbocycles. The molecule has 0 radical (unpaired) electrons. The van der Waals surface area contributed by atoms with Gasteiger partial charge in [-0.2, -0.15) is 0 Å². The molecule has 0 saturated heterocycles. The average Bonchev–Trinajstić information content (AvgIpc) is 3.01. The highest BCUT2D eigenvalue weighted by molar-refractivity contribution is 6.31. The quantitative estimate of drug-likeness (QED) is 0.738. The Kier molecular flexibility index (Phi) is 3.25. The molecule has 1 aromatic heterocycles. The van der Waals surface area contributed by atoms with Crippen molar-refractivity contribution in [1.29, 1.82) is 0 Å². The van der Waals surface area contributed by atoms with Crippen LogP contribution in [0, 0.1) is 5.92 Å².